The Labute approximate surface area is 107 Å². The molecule has 2 N–H and O–H groups in total. The summed E-state index contributed by atoms with van der Waals surface area (Å²) in [7, 11) is 0. The van der Waals surface area contributed by atoms with Crippen molar-refractivity contribution in [1.29, 1.82) is 0 Å². The summed E-state index contributed by atoms with van der Waals surface area (Å²) in [5.74, 6) is -1.87. The minimum absolute atomic E-state index is 0.176. The van der Waals surface area contributed by atoms with Crippen LogP contribution >= 0.6 is 0 Å². The number of hydrogen-bond acceptors (Lipinski definition) is 4. The third-order valence-electron chi connectivity index (χ3n) is 1.14. The highest BCUT2D eigenvalue weighted by molar-refractivity contribution is 5.85. The molecule has 0 amide bonds. The molecule has 0 saturated carbocycles. The predicted octanol–water partition coefficient (Wildman–Crippen LogP) is 1.33. The number of carbonyl (C=O) groups is 2. The molecular formula is C12H20O6. The van der Waals surface area contributed by atoms with Crippen molar-refractivity contribution >= 4 is 11.9 Å². The summed E-state index contributed by atoms with van der Waals surface area (Å²) < 4.78 is 9.00. The second kappa shape index (κ2) is 11.8. The Hall–Kier alpha value is -1.66. The molecule has 2 fully saturated rings. The van der Waals surface area contributed by atoms with Gasteiger partial charge in [0.1, 0.15) is 0 Å². The molecule has 0 aromatic heterocycles. The van der Waals surface area contributed by atoms with Crippen molar-refractivity contribution < 1.29 is 29.3 Å². The molecule has 0 spiro atoms. The van der Waals surface area contributed by atoms with E-state index in [0.29, 0.717) is 0 Å². The van der Waals surface area contributed by atoms with E-state index < -0.39 is 11.9 Å². The van der Waals surface area contributed by atoms with Crippen LogP contribution in [0.4, 0.5) is 0 Å². The quantitative estimate of drug-likeness (QED) is 0.574. The summed E-state index contributed by atoms with van der Waals surface area (Å²) in [4.78, 5) is 19.2. The molecule has 2 aliphatic rings. The highest BCUT2D eigenvalue weighted by Crippen LogP contribution is 1.85. The molecule has 0 bridgehead atoms. The molecule has 104 valence electrons. The third kappa shape index (κ3) is 36.7. The SMILES string of the molecule is C1CO1.C1CO1.C=C(C)C(=O)O.C=C(C)C(=O)O. The fourth-order valence-electron chi connectivity index (χ4n) is 0. The molecule has 0 atom stereocenters. The first kappa shape index (κ1) is 18.7. The van der Waals surface area contributed by atoms with Crippen molar-refractivity contribution in [2.24, 2.45) is 0 Å². The fourth-order valence-corrected chi connectivity index (χ4v) is 0. The van der Waals surface area contributed by atoms with Gasteiger partial charge in [-0.1, -0.05) is 13.2 Å². The molecule has 0 unspecified atom stereocenters. The summed E-state index contributed by atoms with van der Waals surface area (Å²) in [6.45, 7) is 13.2. The van der Waals surface area contributed by atoms with Gasteiger partial charge in [-0.15, -0.1) is 0 Å². The first-order valence-electron chi connectivity index (χ1n) is 5.22. The summed E-state index contributed by atoms with van der Waals surface area (Å²) in [6.07, 6.45) is 0. The van der Waals surface area contributed by atoms with Crippen molar-refractivity contribution in [3.8, 4) is 0 Å². The summed E-state index contributed by atoms with van der Waals surface area (Å²) in [6, 6.07) is 0. The Bertz CT molecular complexity index is 231. The Morgan fingerprint density at radius 3 is 0.944 bits per heavy atom. The molecule has 0 aliphatic carbocycles. The van der Waals surface area contributed by atoms with Gasteiger partial charge in [0.25, 0.3) is 0 Å². The molecule has 6 heteroatoms. The minimum atomic E-state index is -0.935. The van der Waals surface area contributed by atoms with E-state index in [1.165, 1.54) is 13.8 Å². The van der Waals surface area contributed by atoms with Gasteiger partial charge in [0.15, 0.2) is 0 Å². The number of carboxylic acid groups (broad SMARTS) is 2. The van der Waals surface area contributed by atoms with E-state index >= 15 is 0 Å². The second-order valence-corrected chi connectivity index (χ2v) is 3.40. The van der Waals surface area contributed by atoms with Crippen LogP contribution in [0.25, 0.3) is 0 Å². The topological polar surface area (TPSA) is 99.7 Å². The standard InChI is InChI=1S/2C4H6O2.2C2H4O/c2*1-3(2)4(5)6;2*1-2-3-1/h2*1H2,2H3,(H,5,6);2*1-2H2. The minimum Gasteiger partial charge on any atom is -0.478 e. The predicted molar refractivity (Wildman–Crippen MR) is 66.5 cm³/mol. The zero-order chi connectivity index (χ0) is 14.6. The Balaban J connectivity index is 0. The van der Waals surface area contributed by atoms with Crippen LogP contribution in [0.1, 0.15) is 13.8 Å². The number of ether oxygens (including phenoxy) is 2. The van der Waals surface area contributed by atoms with Crippen LogP contribution in [0.5, 0.6) is 0 Å². The zero-order valence-corrected chi connectivity index (χ0v) is 10.8. The lowest BCUT2D eigenvalue weighted by atomic mass is 10.4. The largest absolute Gasteiger partial charge is 0.478 e. The van der Waals surface area contributed by atoms with Gasteiger partial charge in [-0.25, -0.2) is 9.59 Å². The van der Waals surface area contributed by atoms with E-state index in [1.807, 2.05) is 0 Å². The summed E-state index contributed by atoms with van der Waals surface area (Å²) in [5, 5.41) is 15.8. The van der Waals surface area contributed by atoms with Gasteiger partial charge in [-0.3, -0.25) is 0 Å². The molecule has 18 heavy (non-hydrogen) atoms. The van der Waals surface area contributed by atoms with Crippen LogP contribution in [0.3, 0.4) is 0 Å². The lowest BCUT2D eigenvalue weighted by Crippen LogP contribution is -1.92. The first-order chi connectivity index (χ1) is 8.29. The van der Waals surface area contributed by atoms with Gasteiger partial charge >= 0.3 is 11.9 Å². The van der Waals surface area contributed by atoms with E-state index in [1.54, 1.807) is 0 Å². The van der Waals surface area contributed by atoms with Gasteiger partial charge in [-0.2, -0.15) is 0 Å². The van der Waals surface area contributed by atoms with Crippen LogP contribution < -0.4 is 0 Å². The number of hydrogen-bond donors (Lipinski definition) is 2. The number of aliphatic carboxylic acids is 2. The van der Waals surface area contributed by atoms with E-state index in [2.05, 4.69) is 22.6 Å². The van der Waals surface area contributed by atoms with Crippen LogP contribution in [0.2, 0.25) is 0 Å². The normalized spacial score (nSPS) is 13.0. The maximum atomic E-state index is 9.60. The molecule has 2 rings (SSSR count). The molecule has 0 aromatic carbocycles. The van der Waals surface area contributed by atoms with Crippen molar-refractivity contribution in [3.05, 3.63) is 24.3 Å². The van der Waals surface area contributed by atoms with Crippen LogP contribution in [-0.2, 0) is 19.1 Å². The maximum Gasteiger partial charge on any atom is 0.330 e. The molecule has 2 saturated heterocycles. The molecule has 2 aliphatic heterocycles. The first-order valence-corrected chi connectivity index (χ1v) is 5.22. The Kier molecular flexibility index (Phi) is 12.3. The van der Waals surface area contributed by atoms with Gasteiger partial charge in [-0.05, 0) is 13.8 Å². The van der Waals surface area contributed by atoms with Gasteiger partial charge in [0, 0.05) is 11.1 Å². The van der Waals surface area contributed by atoms with Crippen molar-refractivity contribution in [2.75, 3.05) is 26.4 Å². The molecule has 2 heterocycles. The average molecular weight is 260 g/mol. The third-order valence-corrected chi connectivity index (χ3v) is 1.14. The molecule has 0 aromatic rings. The highest BCUT2D eigenvalue weighted by Gasteiger charge is 1.94. The Morgan fingerprint density at radius 2 is 0.944 bits per heavy atom. The Morgan fingerprint density at radius 1 is 0.833 bits per heavy atom. The van der Waals surface area contributed by atoms with Crippen LogP contribution in [-0.4, -0.2) is 48.6 Å². The average Bonchev–Trinajstić information content (AvgIpc) is 3.09. The monoisotopic (exact) mass is 260 g/mol. The number of carboxylic acids is 2. The van der Waals surface area contributed by atoms with Gasteiger partial charge in [0.05, 0.1) is 26.4 Å². The van der Waals surface area contributed by atoms with Crippen LogP contribution in [0, 0.1) is 0 Å². The number of rotatable bonds is 2. The van der Waals surface area contributed by atoms with Gasteiger partial charge < -0.3 is 19.7 Å². The lowest BCUT2D eigenvalue weighted by Gasteiger charge is -1.79. The molecular weight excluding hydrogens is 240 g/mol. The van der Waals surface area contributed by atoms with E-state index in [-0.39, 0.29) is 11.1 Å². The molecule has 6 nitrogen and oxygen atoms in total. The molecule has 0 radical (unpaired) electrons. The second-order valence-electron chi connectivity index (χ2n) is 3.40. The van der Waals surface area contributed by atoms with Crippen molar-refractivity contribution in [2.45, 2.75) is 13.8 Å². The van der Waals surface area contributed by atoms with E-state index in [0.717, 1.165) is 26.4 Å². The maximum absolute atomic E-state index is 9.60. The summed E-state index contributed by atoms with van der Waals surface area (Å²) >= 11 is 0. The number of epoxide rings is 2. The fraction of sp³-hybridized carbons (Fsp3) is 0.500. The van der Waals surface area contributed by atoms with Gasteiger partial charge in [0.2, 0.25) is 0 Å². The highest BCUT2D eigenvalue weighted by atomic mass is 16.6. The van der Waals surface area contributed by atoms with E-state index in [4.69, 9.17) is 10.2 Å². The van der Waals surface area contributed by atoms with Crippen LogP contribution in [0.15, 0.2) is 24.3 Å². The van der Waals surface area contributed by atoms with Crippen molar-refractivity contribution in [1.82, 2.24) is 0 Å². The van der Waals surface area contributed by atoms with Crippen molar-refractivity contribution in [3.63, 3.8) is 0 Å². The lowest BCUT2D eigenvalue weighted by molar-refractivity contribution is -0.133. The zero-order valence-electron chi connectivity index (χ0n) is 10.8. The van der Waals surface area contributed by atoms with E-state index in [9.17, 15) is 9.59 Å². The smallest absolute Gasteiger partial charge is 0.330 e. The summed E-state index contributed by atoms with van der Waals surface area (Å²) in [5.41, 5.74) is 0.352.